The van der Waals surface area contributed by atoms with Crippen molar-refractivity contribution in [3.63, 3.8) is 0 Å². The Morgan fingerprint density at radius 1 is 1.27 bits per heavy atom. The third-order valence-electron chi connectivity index (χ3n) is 5.15. The van der Waals surface area contributed by atoms with Gasteiger partial charge >= 0.3 is 0 Å². The lowest BCUT2D eigenvalue weighted by molar-refractivity contribution is -0.117. The molecule has 7 heteroatoms. The molecule has 0 radical (unpaired) electrons. The third kappa shape index (κ3) is 4.63. The Morgan fingerprint density at radius 3 is 2.92 bits per heavy atom. The van der Waals surface area contributed by atoms with Crippen LogP contribution >= 0.6 is 0 Å². The van der Waals surface area contributed by atoms with E-state index in [2.05, 4.69) is 22.2 Å². The summed E-state index contributed by atoms with van der Waals surface area (Å²) >= 11 is 0. The van der Waals surface area contributed by atoms with Crippen LogP contribution in [-0.4, -0.2) is 41.7 Å². The molecule has 3 heterocycles. The van der Waals surface area contributed by atoms with Crippen LogP contribution in [0.15, 0.2) is 0 Å². The highest BCUT2D eigenvalue weighted by atomic mass is 16.5. The second-order valence-electron chi connectivity index (χ2n) is 7.22. The molecule has 1 aromatic heterocycles. The van der Waals surface area contributed by atoms with E-state index in [0.717, 1.165) is 50.8 Å². The molecule has 7 nitrogen and oxygen atoms in total. The molecular weight excluding hydrogens is 330 g/mol. The average Bonchev–Trinajstić information content (AvgIpc) is 2.96. The quantitative estimate of drug-likeness (QED) is 0.657. The molecule has 144 valence electrons. The van der Waals surface area contributed by atoms with E-state index in [-0.39, 0.29) is 5.91 Å². The molecule has 2 aliphatic heterocycles. The number of hydrogen-bond acceptors (Lipinski definition) is 6. The Hall–Kier alpha value is -1.89. The maximum Gasteiger partial charge on any atom is 0.232 e. The fraction of sp³-hybridized carbons (Fsp3) is 0.737. The van der Waals surface area contributed by atoms with Gasteiger partial charge in [0, 0.05) is 25.3 Å². The fourth-order valence-corrected chi connectivity index (χ4v) is 3.61. The van der Waals surface area contributed by atoms with Crippen molar-refractivity contribution in [2.45, 2.75) is 70.8 Å². The number of ether oxygens (including phenoxy) is 1. The summed E-state index contributed by atoms with van der Waals surface area (Å²) in [6.07, 6.45) is 9.57. The van der Waals surface area contributed by atoms with Crippen LogP contribution in [0.3, 0.4) is 0 Å². The summed E-state index contributed by atoms with van der Waals surface area (Å²) in [5, 5.41) is 3.21. The summed E-state index contributed by atoms with van der Waals surface area (Å²) in [6.45, 7) is 4.53. The highest BCUT2D eigenvalue weighted by Crippen LogP contribution is 2.31. The molecule has 1 aromatic rings. The standard InChI is InChI=1S/C19H31N5O2/c1-2-3-10-21-19-22-17(20)15-13-16(25)24(18(15)23-19)11-6-4-8-14-9-5-7-12-26-14/h14H,2-13H2,1H3,(H3,20,21,22,23). The minimum absolute atomic E-state index is 0.0700. The third-order valence-corrected chi connectivity index (χ3v) is 5.15. The minimum Gasteiger partial charge on any atom is -0.383 e. The lowest BCUT2D eigenvalue weighted by Gasteiger charge is -2.23. The van der Waals surface area contributed by atoms with Crippen molar-refractivity contribution in [3.8, 4) is 0 Å². The van der Waals surface area contributed by atoms with Crippen LogP contribution in [0, 0.1) is 0 Å². The van der Waals surface area contributed by atoms with Crippen LogP contribution in [0.2, 0.25) is 0 Å². The maximum atomic E-state index is 12.4. The van der Waals surface area contributed by atoms with Gasteiger partial charge in [-0.05, 0) is 44.9 Å². The van der Waals surface area contributed by atoms with Gasteiger partial charge in [0.05, 0.1) is 12.5 Å². The summed E-state index contributed by atoms with van der Waals surface area (Å²) in [5.74, 6) is 1.70. The monoisotopic (exact) mass is 361 g/mol. The molecule has 1 saturated heterocycles. The molecule has 0 bridgehead atoms. The van der Waals surface area contributed by atoms with E-state index in [1.807, 2.05) is 0 Å². The molecule has 0 aliphatic carbocycles. The Morgan fingerprint density at radius 2 is 2.15 bits per heavy atom. The van der Waals surface area contributed by atoms with E-state index in [0.29, 0.717) is 36.7 Å². The molecule has 1 fully saturated rings. The van der Waals surface area contributed by atoms with E-state index in [9.17, 15) is 4.79 Å². The van der Waals surface area contributed by atoms with Crippen LogP contribution in [0.25, 0.3) is 0 Å². The highest BCUT2D eigenvalue weighted by molar-refractivity contribution is 6.01. The number of fused-ring (bicyclic) bond motifs is 1. The number of carbonyl (C=O) groups is 1. The lowest BCUT2D eigenvalue weighted by Crippen LogP contribution is -2.29. The zero-order valence-corrected chi connectivity index (χ0v) is 15.8. The lowest BCUT2D eigenvalue weighted by atomic mass is 10.0. The number of carbonyl (C=O) groups excluding carboxylic acids is 1. The highest BCUT2D eigenvalue weighted by Gasteiger charge is 2.31. The van der Waals surface area contributed by atoms with Gasteiger partial charge in [0.2, 0.25) is 11.9 Å². The van der Waals surface area contributed by atoms with Gasteiger partial charge in [-0.1, -0.05) is 13.3 Å². The van der Waals surface area contributed by atoms with E-state index in [1.54, 1.807) is 4.90 Å². The molecular formula is C19H31N5O2. The molecule has 0 spiro atoms. The zero-order valence-electron chi connectivity index (χ0n) is 15.8. The SMILES string of the molecule is CCCCNc1nc(N)c2c(n1)N(CCCCC1CCCCO1)C(=O)C2. The number of hydrogen-bond donors (Lipinski definition) is 2. The number of nitrogens with one attached hydrogen (secondary N) is 1. The number of rotatable bonds is 9. The van der Waals surface area contributed by atoms with E-state index < -0.39 is 0 Å². The predicted octanol–water partition coefficient (Wildman–Crippen LogP) is 2.90. The summed E-state index contributed by atoms with van der Waals surface area (Å²) in [4.78, 5) is 23.1. The molecule has 1 unspecified atom stereocenters. The van der Waals surface area contributed by atoms with Gasteiger partial charge < -0.3 is 15.8 Å². The van der Waals surface area contributed by atoms with E-state index in [4.69, 9.17) is 10.5 Å². The van der Waals surface area contributed by atoms with E-state index in [1.165, 1.54) is 19.3 Å². The number of nitrogens with zero attached hydrogens (tertiary/aromatic N) is 3. The van der Waals surface area contributed by atoms with Crippen molar-refractivity contribution in [1.29, 1.82) is 0 Å². The number of aromatic nitrogens is 2. The first-order valence-electron chi connectivity index (χ1n) is 10.0. The summed E-state index contributed by atoms with van der Waals surface area (Å²) in [7, 11) is 0. The number of nitrogens with two attached hydrogens (primary N) is 1. The predicted molar refractivity (Wildman–Crippen MR) is 103 cm³/mol. The van der Waals surface area contributed by atoms with Crippen molar-refractivity contribution >= 4 is 23.5 Å². The fourth-order valence-electron chi connectivity index (χ4n) is 3.61. The van der Waals surface area contributed by atoms with Crippen LogP contribution in [0.5, 0.6) is 0 Å². The van der Waals surface area contributed by atoms with Crippen molar-refractivity contribution in [2.24, 2.45) is 0 Å². The zero-order chi connectivity index (χ0) is 18.4. The van der Waals surface area contributed by atoms with E-state index >= 15 is 0 Å². The van der Waals surface area contributed by atoms with Gasteiger partial charge in [-0.25, -0.2) is 0 Å². The smallest absolute Gasteiger partial charge is 0.232 e. The minimum atomic E-state index is 0.0700. The van der Waals surface area contributed by atoms with Crippen molar-refractivity contribution in [1.82, 2.24) is 9.97 Å². The van der Waals surface area contributed by atoms with Gasteiger partial charge in [-0.3, -0.25) is 9.69 Å². The topological polar surface area (TPSA) is 93.4 Å². The number of nitrogen functional groups attached to an aromatic ring is 1. The largest absolute Gasteiger partial charge is 0.383 e. The summed E-state index contributed by atoms with van der Waals surface area (Å²) in [6, 6.07) is 0. The first-order valence-corrected chi connectivity index (χ1v) is 10.0. The van der Waals surface area contributed by atoms with Crippen LogP contribution < -0.4 is 16.0 Å². The van der Waals surface area contributed by atoms with Crippen molar-refractivity contribution < 1.29 is 9.53 Å². The van der Waals surface area contributed by atoms with Crippen molar-refractivity contribution in [3.05, 3.63) is 5.56 Å². The molecule has 0 aromatic carbocycles. The maximum absolute atomic E-state index is 12.4. The van der Waals surface area contributed by atoms with Crippen LogP contribution in [-0.2, 0) is 16.0 Å². The summed E-state index contributed by atoms with van der Waals surface area (Å²) in [5.41, 5.74) is 6.84. The van der Waals surface area contributed by atoms with Gasteiger partial charge in [-0.15, -0.1) is 0 Å². The first-order chi connectivity index (χ1) is 12.7. The molecule has 1 amide bonds. The number of amides is 1. The molecule has 1 atom stereocenters. The summed E-state index contributed by atoms with van der Waals surface area (Å²) < 4.78 is 5.78. The molecule has 26 heavy (non-hydrogen) atoms. The Balaban J connectivity index is 1.56. The number of anilines is 3. The van der Waals surface area contributed by atoms with Crippen LogP contribution in [0.1, 0.15) is 63.9 Å². The second-order valence-corrected chi connectivity index (χ2v) is 7.22. The normalized spacial score (nSPS) is 19.7. The Bertz CT molecular complexity index is 616. The Labute approximate surface area is 155 Å². The average molecular weight is 361 g/mol. The van der Waals surface area contributed by atoms with Crippen molar-refractivity contribution in [2.75, 3.05) is 35.6 Å². The first kappa shape index (κ1) is 18.9. The van der Waals surface area contributed by atoms with Crippen LogP contribution in [0.4, 0.5) is 17.6 Å². The van der Waals surface area contributed by atoms with Gasteiger partial charge in [0.1, 0.15) is 11.6 Å². The molecule has 0 saturated carbocycles. The number of unbranched alkanes of at least 4 members (excludes halogenated alkanes) is 2. The Kier molecular flexibility index (Phi) is 6.66. The van der Waals surface area contributed by atoms with Gasteiger partial charge in [0.25, 0.3) is 0 Å². The molecule has 3 N–H and O–H groups in total. The second kappa shape index (κ2) is 9.16. The van der Waals surface area contributed by atoms with Gasteiger partial charge in [0.15, 0.2) is 0 Å². The van der Waals surface area contributed by atoms with Gasteiger partial charge in [-0.2, -0.15) is 9.97 Å². The molecule has 3 rings (SSSR count). The molecule has 2 aliphatic rings.